The minimum atomic E-state index is -0.129. The Hall–Kier alpha value is -3.17. The van der Waals surface area contributed by atoms with Gasteiger partial charge in [-0.2, -0.15) is 0 Å². The first-order valence-electron chi connectivity index (χ1n) is 9.63. The first-order valence-corrected chi connectivity index (χ1v) is 10.5. The van der Waals surface area contributed by atoms with Crippen molar-refractivity contribution < 1.29 is 23.7 Å². The van der Waals surface area contributed by atoms with E-state index >= 15 is 0 Å². The fourth-order valence-corrected chi connectivity index (χ4v) is 3.64. The SMILES string of the molecule is COCCOc1ncccc1CNC(=O)Cc1csc(-c2ccc(OC)c(OC)c2)n1. The molecule has 0 aliphatic carbocycles. The molecule has 9 heteroatoms. The van der Waals surface area contributed by atoms with E-state index in [1.807, 2.05) is 29.6 Å². The Balaban J connectivity index is 1.59. The Morgan fingerprint density at radius 2 is 1.94 bits per heavy atom. The quantitative estimate of drug-likeness (QED) is 0.455. The summed E-state index contributed by atoms with van der Waals surface area (Å²) in [7, 11) is 4.80. The number of rotatable bonds is 11. The number of thiazole rings is 1. The lowest BCUT2D eigenvalue weighted by atomic mass is 10.2. The van der Waals surface area contributed by atoms with Crippen LogP contribution in [0.5, 0.6) is 17.4 Å². The van der Waals surface area contributed by atoms with E-state index in [-0.39, 0.29) is 12.3 Å². The molecule has 1 amide bonds. The number of nitrogens with zero attached hydrogens (tertiary/aromatic N) is 2. The van der Waals surface area contributed by atoms with Crippen molar-refractivity contribution in [2.24, 2.45) is 0 Å². The average Bonchev–Trinajstić information content (AvgIpc) is 3.26. The van der Waals surface area contributed by atoms with Crippen molar-refractivity contribution >= 4 is 17.2 Å². The maximum atomic E-state index is 12.4. The molecule has 2 heterocycles. The second-order valence-electron chi connectivity index (χ2n) is 6.48. The second-order valence-corrected chi connectivity index (χ2v) is 7.33. The van der Waals surface area contributed by atoms with Crippen molar-refractivity contribution in [1.29, 1.82) is 0 Å². The zero-order valence-corrected chi connectivity index (χ0v) is 18.5. The van der Waals surface area contributed by atoms with Gasteiger partial charge in [-0.1, -0.05) is 6.07 Å². The highest BCUT2D eigenvalue weighted by Gasteiger charge is 2.13. The molecule has 1 aromatic carbocycles. The third-order valence-electron chi connectivity index (χ3n) is 4.38. The summed E-state index contributed by atoms with van der Waals surface area (Å²) in [5.74, 6) is 1.65. The molecule has 0 aliphatic rings. The molecule has 3 rings (SSSR count). The highest BCUT2D eigenvalue weighted by molar-refractivity contribution is 7.13. The van der Waals surface area contributed by atoms with Gasteiger partial charge in [0, 0.05) is 36.4 Å². The van der Waals surface area contributed by atoms with Crippen LogP contribution in [-0.2, 0) is 22.5 Å². The number of nitrogens with one attached hydrogen (secondary N) is 1. The zero-order chi connectivity index (χ0) is 22.1. The van der Waals surface area contributed by atoms with Gasteiger partial charge >= 0.3 is 0 Å². The number of hydrogen-bond donors (Lipinski definition) is 1. The number of carbonyl (C=O) groups excluding carboxylic acids is 1. The van der Waals surface area contributed by atoms with E-state index in [1.165, 1.54) is 11.3 Å². The van der Waals surface area contributed by atoms with Gasteiger partial charge in [-0.25, -0.2) is 9.97 Å². The second kappa shape index (κ2) is 11.3. The van der Waals surface area contributed by atoms with Crippen LogP contribution >= 0.6 is 11.3 Å². The van der Waals surface area contributed by atoms with Crippen LogP contribution in [-0.4, -0.2) is 50.4 Å². The molecule has 8 nitrogen and oxygen atoms in total. The van der Waals surface area contributed by atoms with Crippen LogP contribution in [0.3, 0.4) is 0 Å². The molecule has 0 unspecified atom stereocenters. The molecule has 0 radical (unpaired) electrons. The van der Waals surface area contributed by atoms with Crippen molar-refractivity contribution in [3.63, 3.8) is 0 Å². The van der Waals surface area contributed by atoms with Crippen LogP contribution in [0.15, 0.2) is 41.9 Å². The fourth-order valence-electron chi connectivity index (χ4n) is 2.82. The van der Waals surface area contributed by atoms with Crippen molar-refractivity contribution in [2.45, 2.75) is 13.0 Å². The third-order valence-corrected chi connectivity index (χ3v) is 5.32. The van der Waals surface area contributed by atoms with E-state index < -0.39 is 0 Å². The molecule has 0 fully saturated rings. The van der Waals surface area contributed by atoms with Crippen molar-refractivity contribution in [3.8, 4) is 28.0 Å². The predicted octanol–water partition coefficient (Wildman–Crippen LogP) is 3.11. The number of benzene rings is 1. The number of amides is 1. The summed E-state index contributed by atoms with van der Waals surface area (Å²) in [6, 6.07) is 9.29. The van der Waals surface area contributed by atoms with E-state index in [4.69, 9.17) is 18.9 Å². The van der Waals surface area contributed by atoms with Gasteiger partial charge in [0.05, 0.1) is 32.9 Å². The minimum Gasteiger partial charge on any atom is -0.493 e. The Morgan fingerprint density at radius 3 is 2.71 bits per heavy atom. The van der Waals surface area contributed by atoms with Crippen LogP contribution in [0.2, 0.25) is 0 Å². The summed E-state index contributed by atoms with van der Waals surface area (Å²) in [6.07, 6.45) is 1.84. The Morgan fingerprint density at radius 1 is 1.10 bits per heavy atom. The van der Waals surface area contributed by atoms with E-state index in [2.05, 4.69) is 15.3 Å². The lowest BCUT2D eigenvalue weighted by Gasteiger charge is -2.10. The summed E-state index contributed by atoms with van der Waals surface area (Å²) < 4.78 is 21.2. The van der Waals surface area contributed by atoms with Gasteiger partial charge in [0.1, 0.15) is 11.6 Å². The summed E-state index contributed by atoms with van der Waals surface area (Å²) >= 11 is 1.48. The van der Waals surface area contributed by atoms with E-state index in [9.17, 15) is 4.79 Å². The Bertz CT molecular complexity index is 1010. The fraction of sp³-hybridized carbons (Fsp3) is 0.318. The molecule has 164 valence electrons. The standard InChI is InChI=1S/C22H25N3O5S/c1-27-9-10-30-21-16(5-4-8-23-21)13-24-20(26)12-17-14-31-22(25-17)15-6-7-18(28-2)19(11-15)29-3/h4-8,11,14H,9-10,12-13H2,1-3H3,(H,24,26). The van der Waals surface area contributed by atoms with Crippen LogP contribution in [0, 0.1) is 0 Å². The molecule has 0 saturated carbocycles. The number of ether oxygens (including phenoxy) is 4. The summed E-state index contributed by atoms with van der Waals surface area (Å²) in [5, 5.41) is 5.59. The molecule has 0 bridgehead atoms. The molecule has 31 heavy (non-hydrogen) atoms. The lowest BCUT2D eigenvalue weighted by Crippen LogP contribution is -2.25. The number of methoxy groups -OCH3 is 3. The van der Waals surface area contributed by atoms with Gasteiger partial charge in [-0.15, -0.1) is 11.3 Å². The molecular formula is C22H25N3O5S. The van der Waals surface area contributed by atoms with E-state index in [0.717, 1.165) is 16.1 Å². The average molecular weight is 444 g/mol. The molecular weight excluding hydrogens is 418 g/mol. The maximum Gasteiger partial charge on any atom is 0.226 e. The van der Waals surface area contributed by atoms with Crippen molar-refractivity contribution in [2.75, 3.05) is 34.5 Å². The molecule has 1 N–H and O–H groups in total. The summed E-state index contributed by atoms with van der Waals surface area (Å²) in [5.41, 5.74) is 2.41. The number of carbonyl (C=O) groups is 1. The lowest BCUT2D eigenvalue weighted by molar-refractivity contribution is -0.120. The number of pyridine rings is 1. The van der Waals surface area contributed by atoms with Crippen molar-refractivity contribution in [1.82, 2.24) is 15.3 Å². The molecule has 0 spiro atoms. The maximum absolute atomic E-state index is 12.4. The van der Waals surface area contributed by atoms with E-state index in [1.54, 1.807) is 33.6 Å². The van der Waals surface area contributed by atoms with Gasteiger partial charge in [-0.3, -0.25) is 4.79 Å². The molecule has 2 aromatic heterocycles. The first kappa shape index (κ1) is 22.5. The Kier molecular flexibility index (Phi) is 8.19. The van der Waals surface area contributed by atoms with Crippen molar-refractivity contribution in [3.05, 3.63) is 53.2 Å². The minimum absolute atomic E-state index is 0.129. The highest BCUT2D eigenvalue weighted by Crippen LogP contribution is 2.33. The molecule has 0 saturated heterocycles. The van der Waals surface area contributed by atoms with Gasteiger partial charge in [0.25, 0.3) is 0 Å². The van der Waals surface area contributed by atoms with Gasteiger partial charge in [0.2, 0.25) is 11.8 Å². The van der Waals surface area contributed by atoms with Crippen LogP contribution in [0.25, 0.3) is 10.6 Å². The predicted molar refractivity (Wildman–Crippen MR) is 118 cm³/mol. The monoisotopic (exact) mass is 443 g/mol. The van der Waals surface area contributed by atoms with Crippen LogP contribution in [0.4, 0.5) is 0 Å². The van der Waals surface area contributed by atoms with Crippen LogP contribution in [0.1, 0.15) is 11.3 Å². The topological polar surface area (TPSA) is 91.8 Å². The highest BCUT2D eigenvalue weighted by atomic mass is 32.1. The number of hydrogen-bond acceptors (Lipinski definition) is 8. The van der Waals surface area contributed by atoms with Crippen LogP contribution < -0.4 is 19.5 Å². The smallest absolute Gasteiger partial charge is 0.226 e. The first-order chi connectivity index (χ1) is 15.1. The third kappa shape index (κ3) is 6.16. The normalized spacial score (nSPS) is 10.5. The largest absolute Gasteiger partial charge is 0.493 e. The summed E-state index contributed by atoms with van der Waals surface area (Å²) in [6.45, 7) is 1.18. The van der Waals surface area contributed by atoms with E-state index in [0.29, 0.717) is 42.8 Å². The molecule has 0 aliphatic heterocycles. The van der Waals surface area contributed by atoms with Gasteiger partial charge < -0.3 is 24.3 Å². The molecule has 0 atom stereocenters. The summed E-state index contributed by atoms with van der Waals surface area (Å²) in [4.78, 5) is 21.2. The van der Waals surface area contributed by atoms with Gasteiger partial charge in [-0.05, 0) is 24.3 Å². The Labute approximate surface area is 185 Å². The number of aromatic nitrogens is 2. The molecule has 3 aromatic rings. The van der Waals surface area contributed by atoms with Gasteiger partial charge in [0.15, 0.2) is 11.5 Å². The zero-order valence-electron chi connectivity index (χ0n) is 17.7.